The van der Waals surface area contributed by atoms with Gasteiger partial charge < -0.3 is 9.47 Å². The van der Waals surface area contributed by atoms with E-state index in [-0.39, 0.29) is 5.41 Å². The molecule has 3 rings (SSSR count). The molecule has 0 atom stereocenters. The molecule has 0 amide bonds. The van der Waals surface area contributed by atoms with E-state index in [9.17, 15) is 0 Å². The first-order chi connectivity index (χ1) is 9.81. The number of thiol groups is 1. The Morgan fingerprint density at radius 3 is 2.85 bits per heavy atom. The smallest absolute Gasteiger partial charge is 0.138 e. The summed E-state index contributed by atoms with van der Waals surface area (Å²) in [4.78, 5) is 4.42. The summed E-state index contributed by atoms with van der Waals surface area (Å²) in [6, 6.07) is 10.1. The van der Waals surface area contributed by atoms with E-state index in [0.29, 0.717) is 6.61 Å². The molecule has 0 unspecified atom stereocenters. The van der Waals surface area contributed by atoms with E-state index >= 15 is 0 Å². The predicted octanol–water partition coefficient (Wildman–Crippen LogP) is 3.34. The number of aromatic nitrogens is 1. The van der Waals surface area contributed by atoms with Crippen molar-refractivity contribution in [3.05, 3.63) is 36.5 Å². The van der Waals surface area contributed by atoms with Gasteiger partial charge in [-0.2, -0.15) is 12.6 Å². The normalized spacial score (nSPS) is 18.1. The highest BCUT2D eigenvalue weighted by atomic mass is 32.1. The summed E-state index contributed by atoms with van der Waals surface area (Å²) < 4.78 is 11.4. The van der Waals surface area contributed by atoms with Gasteiger partial charge in [0.05, 0.1) is 18.3 Å². The van der Waals surface area contributed by atoms with Gasteiger partial charge in [-0.3, -0.25) is 4.98 Å². The summed E-state index contributed by atoms with van der Waals surface area (Å²) >= 11 is 4.50. The van der Waals surface area contributed by atoms with Crippen LogP contribution in [0.15, 0.2) is 36.5 Å². The molecule has 0 aliphatic carbocycles. The van der Waals surface area contributed by atoms with Gasteiger partial charge in [-0.25, -0.2) is 0 Å². The van der Waals surface area contributed by atoms with Crippen molar-refractivity contribution in [3.63, 3.8) is 0 Å². The molecule has 2 aromatic rings. The second-order valence-corrected chi connectivity index (χ2v) is 5.74. The van der Waals surface area contributed by atoms with Crippen LogP contribution in [0.5, 0.6) is 5.75 Å². The van der Waals surface area contributed by atoms with Crippen molar-refractivity contribution in [1.29, 1.82) is 0 Å². The van der Waals surface area contributed by atoms with E-state index < -0.39 is 0 Å². The van der Waals surface area contributed by atoms with Crippen LogP contribution in [0.4, 0.5) is 0 Å². The van der Waals surface area contributed by atoms with E-state index in [1.807, 2.05) is 24.3 Å². The Morgan fingerprint density at radius 1 is 1.25 bits per heavy atom. The number of para-hydroxylation sites is 1. The number of nitrogens with zero attached hydrogens (tertiary/aromatic N) is 1. The van der Waals surface area contributed by atoms with Crippen LogP contribution >= 0.6 is 12.6 Å². The highest BCUT2D eigenvalue weighted by molar-refractivity contribution is 7.80. The third kappa shape index (κ3) is 2.91. The molecule has 2 heterocycles. The minimum atomic E-state index is 0.132. The van der Waals surface area contributed by atoms with Crippen molar-refractivity contribution >= 4 is 23.5 Å². The minimum absolute atomic E-state index is 0.132. The van der Waals surface area contributed by atoms with E-state index in [4.69, 9.17) is 9.47 Å². The topological polar surface area (TPSA) is 31.4 Å². The first-order valence-electron chi connectivity index (χ1n) is 6.98. The monoisotopic (exact) mass is 289 g/mol. The summed E-state index contributed by atoms with van der Waals surface area (Å²) in [7, 11) is 0. The fraction of sp³-hybridized carbons (Fsp3) is 0.438. The van der Waals surface area contributed by atoms with Crippen molar-refractivity contribution < 1.29 is 9.47 Å². The fourth-order valence-corrected chi connectivity index (χ4v) is 2.93. The summed E-state index contributed by atoms with van der Waals surface area (Å²) in [6.07, 6.45) is 3.82. The van der Waals surface area contributed by atoms with Crippen LogP contribution in [0.25, 0.3) is 10.9 Å². The van der Waals surface area contributed by atoms with Crippen molar-refractivity contribution in [2.75, 3.05) is 25.6 Å². The molecule has 0 bridgehead atoms. The number of rotatable bonds is 4. The van der Waals surface area contributed by atoms with Gasteiger partial charge in [0.25, 0.3) is 0 Å². The number of benzene rings is 1. The van der Waals surface area contributed by atoms with Crippen LogP contribution in [-0.2, 0) is 4.74 Å². The Labute approximate surface area is 124 Å². The van der Waals surface area contributed by atoms with Gasteiger partial charge in [0.1, 0.15) is 5.75 Å². The molecule has 3 nitrogen and oxygen atoms in total. The van der Waals surface area contributed by atoms with Crippen LogP contribution in [0.2, 0.25) is 0 Å². The van der Waals surface area contributed by atoms with Gasteiger partial charge in [0, 0.05) is 24.0 Å². The Hall–Kier alpha value is -1.26. The molecule has 1 fully saturated rings. The van der Waals surface area contributed by atoms with Crippen molar-refractivity contribution in [2.24, 2.45) is 5.41 Å². The lowest BCUT2D eigenvalue weighted by Crippen LogP contribution is -2.36. The largest absolute Gasteiger partial charge is 0.491 e. The molecular weight excluding hydrogens is 270 g/mol. The molecular formula is C16H19NO2S. The first kappa shape index (κ1) is 13.7. The summed E-state index contributed by atoms with van der Waals surface area (Å²) in [5.74, 6) is 1.66. The van der Waals surface area contributed by atoms with Gasteiger partial charge in [-0.15, -0.1) is 0 Å². The SMILES string of the molecule is SCC1(COc2cnc3ccccc3c2)CCOCC1. The molecule has 0 N–H and O–H groups in total. The lowest BCUT2D eigenvalue weighted by Gasteiger charge is -2.35. The highest BCUT2D eigenvalue weighted by Crippen LogP contribution is 2.32. The Kier molecular flexibility index (Phi) is 4.13. The average molecular weight is 289 g/mol. The maximum Gasteiger partial charge on any atom is 0.138 e. The third-order valence-electron chi connectivity index (χ3n) is 4.00. The van der Waals surface area contributed by atoms with Crippen LogP contribution in [-0.4, -0.2) is 30.6 Å². The summed E-state index contributed by atoms with van der Waals surface area (Å²) in [6.45, 7) is 2.29. The molecule has 1 aliphatic heterocycles. The maximum atomic E-state index is 5.98. The van der Waals surface area contributed by atoms with Crippen LogP contribution in [0, 0.1) is 5.41 Å². The molecule has 1 saturated heterocycles. The van der Waals surface area contributed by atoms with Gasteiger partial charge in [0.2, 0.25) is 0 Å². The van der Waals surface area contributed by atoms with Crippen LogP contribution in [0.1, 0.15) is 12.8 Å². The van der Waals surface area contributed by atoms with Crippen LogP contribution < -0.4 is 4.74 Å². The zero-order chi connectivity index (χ0) is 13.8. The minimum Gasteiger partial charge on any atom is -0.491 e. The number of hydrogen-bond acceptors (Lipinski definition) is 4. The zero-order valence-electron chi connectivity index (χ0n) is 11.4. The molecule has 106 valence electrons. The van der Waals surface area contributed by atoms with Gasteiger partial charge in [-0.05, 0) is 30.7 Å². The molecule has 1 aromatic carbocycles. The molecule has 1 aromatic heterocycles. The highest BCUT2D eigenvalue weighted by Gasteiger charge is 2.32. The van der Waals surface area contributed by atoms with E-state index in [1.54, 1.807) is 6.20 Å². The van der Waals surface area contributed by atoms with Gasteiger partial charge in [-0.1, -0.05) is 18.2 Å². The number of pyridine rings is 1. The third-order valence-corrected chi connectivity index (χ3v) is 4.67. The summed E-state index contributed by atoms with van der Waals surface area (Å²) in [5, 5.41) is 1.11. The Balaban J connectivity index is 1.72. The lowest BCUT2D eigenvalue weighted by molar-refractivity contribution is 0.00308. The molecule has 0 saturated carbocycles. The van der Waals surface area contributed by atoms with Crippen molar-refractivity contribution in [1.82, 2.24) is 4.98 Å². The predicted molar refractivity (Wildman–Crippen MR) is 83.6 cm³/mol. The standard InChI is InChI=1S/C16H19NO2S/c20-12-16(5-7-18-8-6-16)11-19-14-9-13-3-1-2-4-15(13)17-10-14/h1-4,9-10,20H,5-8,11-12H2. The number of hydrogen-bond donors (Lipinski definition) is 1. The Morgan fingerprint density at radius 2 is 2.05 bits per heavy atom. The summed E-state index contributed by atoms with van der Waals surface area (Å²) in [5.41, 5.74) is 1.13. The van der Waals surface area contributed by atoms with E-state index in [2.05, 4.69) is 23.7 Å². The second-order valence-electron chi connectivity index (χ2n) is 5.42. The van der Waals surface area contributed by atoms with Crippen LogP contribution in [0.3, 0.4) is 0 Å². The molecule has 4 heteroatoms. The quantitative estimate of drug-likeness (QED) is 0.876. The zero-order valence-corrected chi connectivity index (χ0v) is 12.3. The van der Waals surface area contributed by atoms with Crippen molar-refractivity contribution in [2.45, 2.75) is 12.8 Å². The second kappa shape index (κ2) is 6.02. The lowest BCUT2D eigenvalue weighted by atomic mass is 9.83. The maximum absolute atomic E-state index is 5.98. The van der Waals surface area contributed by atoms with Gasteiger partial charge >= 0.3 is 0 Å². The molecule has 0 spiro atoms. The average Bonchev–Trinajstić information content (AvgIpc) is 2.54. The number of ether oxygens (including phenoxy) is 2. The number of fused-ring (bicyclic) bond motifs is 1. The first-order valence-corrected chi connectivity index (χ1v) is 7.61. The fourth-order valence-electron chi connectivity index (χ4n) is 2.52. The van der Waals surface area contributed by atoms with E-state index in [1.165, 1.54) is 0 Å². The molecule has 20 heavy (non-hydrogen) atoms. The Bertz CT molecular complexity index is 581. The van der Waals surface area contributed by atoms with Gasteiger partial charge in [0.15, 0.2) is 0 Å². The molecule has 1 aliphatic rings. The van der Waals surface area contributed by atoms with Crippen molar-refractivity contribution in [3.8, 4) is 5.75 Å². The molecule has 0 radical (unpaired) electrons. The van der Waals surface area contributed by atoms with E-state index in [0.717, 1.165) is 48.5 Å².